The third-order valence-electron chi connectivity index (χ3n) is 10.8. The molecule has 0 spiro atoms. The zero-order valence-corrected chi connectivity index (χ0v) is 43.2. The molecule has 0 bridgehead atoms. The van der Waals surface area contributed by atoms with Gasteiger partial charge in [0.05, 0.1) is 24.0 Å². The number of benzene rings is 4. The summed E-state index contributed by atoms with van der Waals surface area (Å²) in [7, 11) is -5.82. The van der Waals surface area contributed by atoms with Crippen LogP contribution in [0.1, 0.15) is 52.7 Å². The van der Waals surface area contributed by atoms with E-state index in [0.717, 1.165) is 11.1 Å². The maximum Gasteiger partial charge on any atom is 0.264 e. The van der Waals surface area contributed by atoms with E-state index in [-0.39, 0.29) is 104 Å². The predicted octanol–water partition coefficient (Wildman–Crippen LogP) is 9.44. The number of hydrogen-bond donors (Lipinski definition) is 2. The summed E-state index contributed by atoms with van der Waals surface area (Å²) >= 11 is 0. The fourth-order valence-electron chi connectivity index (χ4n) is 6.95. The van der Waals surface area contributed by atoms with Gasteiger partial charge >= 0.3 is 0 Å². The number of hydrogen-bond acceptors (Lipinski definition) is 18. The Bertz CT molecular complexity index is 3240. The Morgan fingerprint density at radius 2 is 0.770 bits per heavy atom. The largest absolute Gasteiger partial charge is 0.493 e. The molecule has 4 aromatic carbocycles. The second-order valence-electron chi connectivity index (χ2n) is 18.2. The molecule has 8 aromatic rings. The smallest absolute Gasteiger partial charge is 0.264 e. The van der Waals surface area contributed by atoms with Crippen LogP contribution in [0.5, 0.6) is 46.3 Å². The summed E-state index contributed by atoms with van der Waals surface area (Å²) in [6, 6.07) is 29.5. The van der Waals surface area contributed by atoms with E-state index in [2.05, 4.69) is 49.3 Å². The minimum atomic E-state index is -4.36. The Morgan fingerprint density at radius 1 is 0.432 bits per heavy atom. The van der Waals surface area contributed by atoms with Gasteiger partial charge in [-0.15, -0.1) is 0 Å². The first-order valence-corrected chi connectivity index (χ1v) is 25.8. The van der Waals surface area contributed by atoms with Crippen LogP contribution >= 0.6 is 0 Å². The van der Waals surface area contributed by atoms with E-state index >= 15 is 0 Å². The molecule has 0 saturated carbocycles. The van der Waals surface area contributed by atoms with Gasteiger partial charge in [-0.05, 0) is 82.6 Å². The summed E-state index contributed by atoms with van der Waals surface area (Å²) in [5.41, 5.74) is 1.36. The van der Waals surface area contributed by atoms with Gasteiger partial charge in [0.1, 0.15) is 13.2 Å². The van der Waals surface area contributed by atoms with Crippen molar-refractivity contribution in [3.05, 3.63) is 145 Å². The van der Waals surface area contributed by atoms with Crippen LogP contribution in [-0.2, 0) is 30.9 Å². The molecule has 382 valence electrons. The monoisotopic (exact) mass is 1040 g/mol. The average Bonchev–Trinajstić information content (AvgIpc) is 3.39. The molecular weight excluding hydrogens is 989 g/mol. The van der Waals surface area contributed by atoms with Gasteiger partial charge in [-0.3, -0.25) is 9.44 Å². The van der Waals surface area contributed by atoms with Crippen molar-refractivity contribution in [2.45, 2.75) is 62.2 Å². The van der Waals surface area contributed by atoms with E-state index in [9.17, 15) is 16.8 Å². The Balaban J connectivity index is 1.20. The highest BCUT2D eigenvalue weighted by molar-refractivity contribution is 7.93. The van der Waals surface area contributed by atoms with Gasteiger partial charge in [-0.2, -0.15) is 9.97 Å². The van der Waals surface area contributed by atoms with Crippen molar-refractivity contribution in [3.8, 4) is 69.6 Å². The van der Waals surface area contributed by atoms with Crippen molar-refractivity contribution in [2.75, 3.05) is 36.9 Å². The zero-order chi connectivity index (χ0) is 52.7. The van der Waals surface area contributed by atoms with Crippen LogP contribution in [-0.4, -0.2) is 84.1 Å². The molecule has 4 heterocycles. The molecule has 22 heteroatoms. The third kappa shape index (κ3) is 12.2. The van der Waals surface area contributed by atoms with Gasteiger partial charge in [0.15, 0.2) is 46.3 Å². The molecule has 0 radical (unpaired) electrons. The lowest BCUT2D eigenvalue weighted by molar-refractivity contribution is 0.198. The maximum absolute atomic E-state index is 14.2. The number of anilines is 2. The highest BCUT2D eigenvalue weighted by Gasteiger charge is 2.29. The molecule has 74 heavy (non-hydrogen) atoms. The minimum Gasteiger partial charge on any atom is -0.493 e. The van der Waals surface area contributed by atoms with Crippen molar-refractivity contribution < 1.29 is 45.3 Å². The minimum absolute atomic E-state index is 0.0299. The van der Waals surface area contributed by atoms with Crippen molar-refractivity contribution in [1.29, 1.82) is 0 Å². The first-order valence-electron chi connectivity index (χ1n) is 22.9. The molecule has 0 unspecified atom stereocenters. The highest BCUT2D eigenvalue weighted by atomic mass is 32.2. The average molecular weight is 1040 g/mol. The summed E-state index contributed by atoms with van der Waals surface area (Å²) in [6.45, 7) is 11.4. The van der Waals surface area contributed by atoms with Crippen LogP contribution < -0.4 is 37.9 Å². The molecule has 8 rings (SSSR count). The maximum atomic E-state index is 14.2. The van der Waals surface area contributed by atoms with Gasteiger partial charge in [-0.1, -0.05) is 90.1 Å². The number of nitrogens with zero attached hydrogens (tertiary/aromatic N) is 8. The van der Waals surface area contributed by atoms with E-state index in [4.69, 9.17) is 28.4 Å². The number of methoxy groups -OCH3 is 2. The molecule has 0 aliphatic carbocycles. The van der Waals surface area contributed by atoms with Crippen LogP contribution in [0.15, 0.2) is 144 Å². The number of rotatable bonds is 19. The summed E-state index contributed by atoms with van der Waals surface area (Å²) in [5.74, 6) is -1.01. The lowest BCUT2D eigenvalue weighted by Gasteiger charge is -2.20. The lowest BCUT2D eigenvalue weighted by atomic mass is 9.87. The van der Waals surface area contributed by atoms with Crippen LogP contribution in [0.2, 0.25) is 0 Å². The van der Waals surface area contributed by atoms with Crippen LogP contribution in [0.3, 0.4) is 0 Å². The van der Waals surface area contributed by atoms with E-state index in [1.54, 1.807) is 84.9 Å². The summed E-state index contributed by atoms with van der Waals surface area (Å²) < 4.78 is 98.6. The number of ether oxygens (including phenoxy) is 6. The molecule has 0 aliphatic rings. The summed E-state index contributed by atoms with van der Waals surface area (Å²) in [6.07, 6.45) is 5.88. The highest BCUT2D eigenvalue weighted by Crippen LogP contribution is 2.44. The van der Waals surface area contributed by atoms with Crippen molar-refractivity contribution in [2.24, 2.45) is 0 Å². The Kier molecular flexibility index (Phi) is 15.2. The topological polar surface area (TPSA) is 251 Å². The van der Waals surface area contributed by atoms with Crippen molar-refractivity contribution in [1.82, 2.24) is 39.9 Å². The van der Waals surface area contributed by atoms with Gasteiger partial charge < -0.3 is 28.4 Å². The number of sulfonamides is 2. The van der Waals surface area contributed by atoms with Gasteiger partial charge in [0.2, 0.25) is 23.1 Å². The van der Waals surface area contributed by atoms with Gasteiger partial charge in [0.25, 0.3) is 31.8 Å². The standard InChI is InChI=1S/C52H52N10O10S2/c1-51(2,3)33-19-23-35(24-20-33)73(63,64)61-43-41(71-39-17-11-9-15-37(39)67-7)49(59-47(57-43)45-53-27-13-28-54-45)69-31-32-70-50-42(72-40-18-12-10-16-38(40)68-8)44(58-48(60-50)46-55-29-14-30-56-46)62-74(65,66)36-25-21-34(22-26-36)52(4,5)6/h9-30H,31-32H2,1-8H3,(H,57,59,61)(H,58,60,62). The van der Waals surface area contributed by atoms with Crippen LogP contribution in [0.25, 0.3) is 23.3 Å². The first-order chi connectivity index (χ1) is 35.3. The van der Waals surface area contributed by atoms with E-state index in [1.807, 2.05) is 41.5 Å². The normalized spacial score (nSPS) is 11.8. The SMILES string of the molecule is COc1ccccc1Oc1c(NS(=O)(=O)c2ccc(C(C)(C)C)cc2)nc(-c2ncccn2)nc1OCCOc1nc(-c2ncccn2)nc(NS(=O)(=O)c2ccc(C(C)(C)C)cc2)c1Oc1ccccc1OC. The fourth-order valence-corrected chi connectivity index (χ4v) is 8.96. The predicted molar refractivity (Wildman–Crippen MR) is 275 cm³/mol. The molecule has 4 aromatic heterocycles. The van der Waals surface area contributed by atoms with E-state index < -0.39 is 20.0 Å². The first kappa shape index (κ1) is 51.8. The fraction of sp³-hybridized carbons (Fsp3) is 0.231. The molecular formula is C52H52N10O10S2. The van der Waals surface area contributed by atoms with Crippen molar-refractivity contribution in [3.63, 3.8) is 0 Å². The van der Waals surface area contributed by atoms with Crippen LogP contribution in [0.4, 0.5) is 11.6 Å². The van der Waals surface area contributed by atoms with Crippen molar-refractivity contribution >= 4 is 31.7 Å². The molecule has 0 atom stereocenters. The van der Waals surface area contributed by atoms with Crippen LogP contribution in [0, 0.1) is 0 Å². The second-order valence-corrected chi connectivity index (χ2v) is 21.5. The summed E-state index contributed by atoms with van der Waals surface area (Å²) in [5, 5.41) is 0. The second kappa shape index (κ2) is 21.7. The third-order valence-corrected chi connectivity index (χ3v) is 13.6. The Labute approximate surface area is 428 Å². The van der Waals surface area contributed by atoms with E-state index in [1.165, 1.54) is 63.3 Å². The molecule has 0 saturated heterocycles. The summed E-state index contributed by atoms with van der Waals surface area (Å²) in [4.78, 5) is 35.4. The molecule has 0 aliphatic heterocycles. The molecule has 20 nitrogen and oxygen atoms in total. The Morgan fingerprint density at radius 3 is 1.09 bits per heavy atom. The molecule has 0 amide bonds. The van der Waals surface area contributed by atoms with Gasteiger partial charge in [-0.25, -0.2) is 46.7 Å². The zero-order valence-electron chi connectivity index (χ0n) is 41.6. The number of para-hydroxylation sites is 4. The van der Waals surface area contributed by atoms with Gasteiger partial charge in [0, 0.05) is 24.8 Å². The number of nitrogens with one attached hydrogen (secondary N) is 2. The Hall–Kier alpha value is -8.50. The molecule has 2 N–H and O–H groups in total. The lowest BCUT2D eigenvalue weighted by Crippen LogP contribution is -2.18. The number of aromatic nitrogens is 8. The quantitative estimate of drug-likeness (QED) is 0.0715. The van der Waals surface area contributed by atoms with E-state index in [0.29, 0.717) is 11.5 Å². The molecule has 0 fully saturated rings.